The molecule has 0 spiro atoms. The van der Waals surface area contributed by atoms with Crippen molar-refractivity contribution in [2.24, 2.45) is 7.05 Å². The Bertz CT molecular complexity index is 1330. The molecule has 0 saturated carbocycles. The first-order valence-corrected chi connectivity index (χ1v) is 9.83. The maximum absolute atomic E-state index is 12.7. The molecule has 176 valence electrons. The van der Waals surface area contributed by atoms with Crippen molar-refractivity contribution in [3.63, 3.8) is 0 Å². The van der Waals surface area contributed by atoms with E-state index in [0.717, 1.165) is 6.20 Å². The minimum absolute atomic E-state index is 0.00363. The molecule has 3 heterocycles. The van der Waals surface area contributed by atoms with Crippen molar-refractivity contribution in [1.82, 2.24) is 30.3 Å². The summed E-state index contributed by atoms with van der Waals surface area (Å²) in [7, 11) is 1.49. The highest BCUT2D eigenvalue weighted by atomic mass is 16.6. The lowest BCUT2D eigenvalue weighted by atomic mass is 10.2. The van der Waals surface area contributed by atoms with E-state index >= 15 is 0 Å². The molecule has 0 radical (unpaired) electrons. The molecule has 0 bridgehead atoms. The Kier molecular flexibility index (Phi) is 6.71. The molecule has 0 fully saturated rings. The number of nitriles is 1. The number of nitro groups is 1. The van der Waals surface area contributed by atoms with E-state index in [0.29, 0.717) is 5.56 Å². The average Bonchev–Trinajstić information content (AvgIpc) is 3.45. The molecular weight excluding hydrogens is 448 g/mol. The van der Waals surface area contributed by atoms with Gasteiger partial charge in [0.1, 0.15) is 17.1 Å². The van der Waals surface area contributed by atoms with Crippen LogP contribution in [0.2, 0.25) is 0 Å². The fourth-order valence-electron chi connectivity index (χ4n) is 3.06. The Morgan fingerprint density at radius 2 is 1.91 bits per heavy atom. The number of aromatic amines is 2. The number of carbonyl (C=O) groups is 3. The zero-order chi connectivity index (χ0) is 25.0. The third kappa shape index (κ3) is 4.75. The minimum Gasteiger partial charge on any atom is -0.351 e. The van der Waals surface area contributed by atoms with Crippen LogP contribution in [-0.2, 0) is 7.05 Å². The quantitative estimate of drug-likeness (QED) is 0.183. The molecule has 3 rings (SSSR count). The lowest BCUT2D eigenvalue weighted by Crippen LogP contribution is -2.25. The number of hydrogen-bond donors (Lipinski definition) is 5. The van der Waals surface area contributed by atoms with E-state index in [1.165, 1.54) is 24.7 Å². The van der Waals surface area contributed by atoms with E-state index in [9.17, 15) is 24.5 Å². The van der Waals surface area contributed by atoms with E-state index < -0.39 is 22.6 Å². The molecule has 3 aromatic heterocycles. The number of hydrogen-bond acceptors (Lipinski definition) is 8. The lowest BCUT2D eigenvalue weighted by Gasteiger charge is -2.04. The number of nitrogens with one attached hydrogen (secondary N) is 5. The predicted molar refractivity (Wildman–Crippen MR) is 117 cm³/mol. The van der Waals surface area contributed by atoms with Crippen molar-refractivity contribution >= 4 is 35.0 Å². The first-order chi connectivity index (χ1) is 16.1. The van der Waals surface area contributed by atoms with Crippen LogP contribution >= 0.6 is 0 Å². The highest BCUT2D eigenvalue weighted by Gasteiger charge is 2.23. The second-order valence-corrected chi connectivity index (χ2v) is 7.11. The van der Waals surface area contributed by atoms with Gasteiger partial charge in [-0.2, -0.15) is 15.5 Å². The van der Waals surface area contributed by atoms with Gasteiger partial charge in [-0.3, -0.25) is 34.3 Å². The zero-order valence-electron chi connectivity index (χ0n) is 18.3. The van der Waals surface area contributed by atoms with E-state index in [1.807, 2.05) is 6.07 Å². The Hall–Kier alpha value is -5.00. The predicted octanol–water partition coefficient (Wildman–Crippen LogP) is 1.14. The molecule has 0 saturated heterocycles. The van der Waals surface area contributed by atoms with Crippen molar-refractivity contribution in [1.29, 1.82) is 5.26 Å². The summed E-state index contributed by atoms with van der Waals surface area (Å²) in [5.74, 6) is -1.56. The summed E-state index contributed by atoms with van der Waals surface area (Å²) < 4.78 is 1.23. The van der Waals surface area contributed by atoms with Gasteiger partial charge in [-0.15, -0.1) is 0 Å². The third-order valence-corrected chi connectivity index (χ3v) is 4.88. The molecule has 3 amide bonds. The third-order valence-electron chi connectivity index (χ3n) is 4.88. The van der Waals surface area contributed by atoms with Crippen LogP contribution in [-0.4, -0.2) is 54.2 Å². The summed E-state index contributed by atoms with van der Waals surface area (Å²) in [6.07, 6.45) is 1.27. The van der Waals surface area contributed by atoms with Crippen molar-refractivity contribution in [3.05, 3.63) is 50.6 Å². The average molecular weight is 468 g/mol. The van der Waals surface area contributed by atoms with Crippen molar-refractivity contribution in [3.8, 4) is 6.07 Å². The molecule has 0 aliphatic heterocycles. The molecule has 15 nitrogen and oxygen atoms in total. The highest BCUT2D eigenvalue weighted by Crippen LogP contribution is 2.22. The maximum atomic E-state index is 12.7. The normalized spacial score (nSPS) is 10.4. The van der Waals surface area contributed by atoms with E-state index in [2.05, 4.69) is 36.2 Å². The van der Waals surface area contributed by atoms with Gasteiger partial charge < -0.3 is 20.9 Å². The van der Waals surface area contributed by atoms with Crippen LogP contribution in [0.4, 0.5) is 17.3 Å². The van der Waals surface area contributed by atoms with Gasteiger partial charge in [0, 0.05) is 25.2 Å². The maximum Gasteiger partial charge on any atom is 0.290 e. The first kappa shape index (κ1) is 23.7. The van der Waals surface area contributed by atoms with Gasteiger partial charge in [-0.05, 0) is 13.8 Å². The van der Waals surface area contributed by atoms with Gasteiger partial charge in [0.15, 0.2) is 11.6 Å². The summed E-state index contributed by atoms with van der Waals surface area (Å²) in [5, 5.41) is 37.7. The number of rotatable bonds is 8. The molecule has 0 unspecified atom stereocenters. The molecule has 0 aliphatic rings. The standard InChI is InChI=1S/C19H20N10O5/c1-9-12(29(33)34)8-22-14(9)19(32)23-13-7-11(28(3)27-13)17(30)24-16-10(2)15(25-26-16)18(31)21-6-4-5-20/h7-8,22H,4,6H2,1-3H3,(H,21,31)(H,23,27,32)(H2,24,25,26,30). The Morgan fingerprint density at radius 1 is 1.18 bits per heavy atom. The lowest BCUT2D eigenvalue weighted by molar-refractivity contribution is -0.385. The number of carbonyl (C=O) groups excluding carboxylic acids is 3. The number of nitrogens with zero attached hydrogens (tertiary/aromatic N) is 5. The van der Waals surface area contributed by atoms with Crippen LogP contribution in [0.3, 0.4) is 0 Å². The molecular formula is C19H20N10O5. The fraction of sp³-hybridized carbons (Fsp3) is 0.263. The number of aryl methyl sites for hydroxylation is 1. The van der Waals surface area contributed by atoms with Crippen molar-refractivity contribution in [2.45, 2.75) is 20.3 Å². The number of anilines is 2. The van der Waals surface area contributed by atoms with Crippen molar-refractivity contribution < 1.29 is 19.3 Å². The SMILES string of the molecule is Cc1c([N+](=O)[O-])c[nH]c1C(=O)Nc1cc(C(=O)Nc2n[nH]c(C(=O)NCCC#N)c2C)n(C)n1. The van der Waals surface area contributed by atoms with Gasteiger partial charge in [0.25, 0.3) is 23.4 Å². The minimum atomic E-state index is -0.661. The van der Waals surface area contributed by atoms with Crippen molar-refractivity contribution in [2.75, 3.05) is 17.2 Å². The van der Waals surface area contributed by atoms with Crippen LogP contribution in [0, 0.1) is 35.3 Å². The van der Waals surface area contributed by atoms with Crippen LogP contribution in [0.25, 0.3) is 0 Å². The van der Waals surface area contributed by atoms with Crippen LogP contribution < -0.4 is 16.0 Å². The van der Waals surface area contributed by atoms with E-state index in [-0.39, 0.29) is 52.9 Å². The molecule has 15 heteroatoms. The summed E-state index contributed by atoms with van der Waals surface area (Å²) in [6, 6.07) is 3.23. The van der Waals surface area contributed by atoms with Crippen LogP contribution in [0.5, 0.6) is 0 Å². The van der Waals surface area contributed by atoms with E-state index in [4.69, 9.17) is 5.26 Å². The van der Waals surface area contributed by atoms with Crippen LogP contribution in [0.1, 0.15) is 49.0 Å². The second kappa shape index (κ2) is 9.65. The Balaban J connectivity index is 1.70. The summed E-state index contributed by atoms with van der Waals surface area (Å²) in [5.41, 5.74) is 0.545. The first-order valence-electron chi connectivity index (χ1n) is 9.83. The Morgan fingerprint density at radius 3 is 2.56 bits per heavy atom. The van der Waals surface area contributed by atoms with Gasteiger partial charge in [-0.25, -0.2) is 0 Å². The summed E-state index contributed by atoms with van der Waals surface area (Å²) in [6.45, 7) is 3.20. The Labute approximate surface area is 191 Å². The van der Waals surface area contributed by atoms with Gasteiger partial charge in [-0.1, -0.05) is 0 Å². The summed E-state index contributed by atoms with van der Waals surface area (Å²) in [4.78, 5) is 50.3. The van der Waals surface area contributed by atoms with Gasteiger partial charge in [0.2, 0.25) is 0 Å². The molecule has 0 aromatic carbocycles. The summed E-state index contributed by atoms with van der Waals surface area (Å²) >= 11 is 0. The largest absolute Gasteiger partial charge is 0.351 e. The molecule has 3 aromatic rings. The smallest absolute Gasteiger partial charge is 0.290 e. The highest BCUT2D eigenvalue weighted by molar-refractivity contribution is 6.07. The van der Waals surface area contributed by atoms with Gasteiger partial charge in [0.05, 0.1) is 29.2 Å². The molecule has 0 atom stereocenters. The molecule has 0 aliphatic carbocycles. The monoisotopic (exact) mass is 468 g/mol. The zero-order valence-corrected chi connectivity index (χ0v) is 18.3. The number of H-pyrrole nitrogens is 2. The van der Waals surface area contributed by atoms with E-state index in [1.54, 1.807) is 6.92 Å². The topological polar surface area (TPSA) is 217 Å². The molecule has 34 heavy (non-hydrogen) atoms. The fourth-order valence-corrected chi connectivity index (χ4v) is 3.06. The number of amides is 3. The second-order valence-electron chi connectivity index (χ2n) is 7.11. The van der Waals surface area contributed by atoms with Gasteiger partial charge >= 0.3 is 0 Å². The van der Waals surface area contributed by atoms with Crippen LogP contribution in [0.15, 0.2) is 12.3 Å². The molecule has 5 N–H and O–H groups in total. The number of aromatic nitrogens is 5.